The maximum atomic E-state index is 13.2. The van der Waals surface area contributed by atoms with Crippen LogP contribution in [-0.4, -0.2) is 39.3 Å². The number of carbonyl (C=O) groups excluding carboxylic acids is 2. The van der Waals surface area contributed by atoms with Crippen molar-refractivity contribution in [2.75, 3.05) is 6.54 Å². The summed E-state index contributed by atoms with van der Waals surface area (Å²) >= 11 is 1.45. The number of hydrogen-bond acceptors (Lipinski definition) is 5. The molecule has 2 atom stereocenters. The van der Waals surface area contributed by atoms with Gasteiger partial charge in [-0.15, -0.1) is 11.3 Å². The van der Waals surface area contributed by atoms with Crippen LogP contribution in [0.5, 0.6) is 0 Å². The molecule has 2 fully saturated rings. The van der Waals surface area contributed by atoms with Gasteiger partial charge in [0.25, 0.3) is 5.91 Å². The van der Waals surface area contributed by atoms with Crippen molar-refractivity contribution in [2.24, 2.45) is 11.7 Å². The van der Waals surface area contributed by atoms with Crippen molar-refractivity contribution in [1.29, 1.82) is 0 Å². The number of hydrogen-bond donors (Lipinski definition) is 1. The number of piperidine rings is 1. The van der Waals surface area contributed by atoms with Crippen molar-refractivity contribution in [3.05, 3.63) is 22.0 Å². The Hall–Kier alpha value is -2.02. The van der Waals surface area contributed by atoms with Crippen LogP contribution in [0.1, 0.15) is 65.3 Å². The first kappa shape index (κ1) is 17.4. The molecule has 26 heavy (non-hydrogen) atoms. The molecular formula is C19H24N4O2S. The third kappa shape index (κ3) is 2.88. The van der Waals surface area contributed by atoms with Gasteiger partial charge in [0, 0.05) is 23.9 Å². The predicted octanol–water partition coefficient (Wildman–Crippen LogP) is 2.91. The van der Waals surface area contributed by atoms with Crippen LogP contribution in [0.25, 0.3) is 10.2 Å². The zero-order valence-electron chi connectivity index (χ0n) is 15.4. The molecule has 1 saturated heterocycles. The highest BCUT2D eigenvalue weighted by molar-refractivity contribution is 7.20. The number of aryl methyl sites for hydroxylation is 2. The average molecular weight is 372 g/mol. The van der Waals surface area contributed by atoms with Crippen LogP contribution in [0.4, 0.5) is 0 Å². The van der Waals surface area contributed by atoms with Gasteiger partial charge in [0.05, 0.1) is 16.5 Å². The van der Waals surface area contributed by atoms with E-state index in [2.05, 4.69) is 4.98 Å². The van der Waals surface area contributed by atoms with Gasteiger partial charge in [-0.1, -0.05) is 0 Å². The molecule has 3 heterocycles. The third-order valence-corrected chi connectivity index (χ3v) is 6.84. The van der Waals surface area contributed by atoms with Crippen molar-refractivity contribution in [2.45, 2.75) is 58.4 Å². The predicted molar refractivity (Wildman–Crippen MR) is 101 cm³/mol. The van der Waals surface area contributed by atoms with Gasteiger partial charge in [-0.25, -0.2) is 9.97 Å². The molecule has 2 aliphatic rings. The molecule has 7 heteroatoms. The molecule has 2 amide bonds. The van der Waals surface area contributed by atoms with Crippen LogP contribution < -0.4 is 5.73 Å². The minimum absolute atomic E-state index is 0.0173. The fourth-order valence-electron chi connectivity index (χ4n) is 3.84. The first-order valence-corrected chi connectivity index (χ1v) is 10.1. The van der Waals surface area contributed by atoms with E-state index in [1.165, 1.54) is 11.3 Å². The van der Waals surface area contributed by atoms with Crippen molar-refractivity contribution in [1.82, 2.24) is 14.9 Å². The van der Waals surface area contributed by atoms with Crippen LogP contribution in [-0.2, 0) is 4.79 Å². The normalized spacial score (nSPS) is 23.4. The second kappa shape index (κ2) is 6.30. The van der Waals surface area contributed by atoms with E-state index in [9.17, 15) is 9.59 Å². The molecular weight excluding hydrogens is 348 g/mol. The van der Waals surface area contributed by atoms with Crippen molar-refractivity contribution in [3.63, 3.8) is 0 Å². The van der Waals surface area contributed by atoms with Gasteiger partial charge < -0.3 is 10.6 Å². The van der Waals surface area contributed by atoms with Gasteiger partial charge >= 0.3 is 0 Å². The molecule has 0 radical (unpaired) electrons. The van der Waals surface area contributed by atoms with Gasteiger partial charge in [-0.05, 0) is 52.0 Å². The fraction of sp³-hybridized carbons (Fsp3) is 0.579. The van der Waals surface area contributed by atoms with Gasteiger partial charge in [0.2, 0.25) is 5.91 Å². The van der Waals surface area contributed by atoms with E-state index in [0.29, 0.717) is 17.3 Å². The number of thiophene rings is 1. The second-order valence-corrected chi connectivity index (χ2v) is 8.66. The van der Waals surface area contributed by atoms with Gasteiger partial charge in [0.15, 0.2) is 0 Å². The number of fused-ring (bicyclic) bond motifs is 1. The minimum Gasteiger partial charge on any atom is -0.369 e. The number of amides is 2. The number of rotatable bonds is 3. The third-order valence-electron chi connectivity index (χ3n) is 5.67. The van der Waals surface area contributed by atoms with Crippen LogP contribution >= 0.6 is 11.3 Å². The summed E-state index contributed by atoms with van der Waals surface area (Å²) in [4.78, 5) is 37.7. The lowest BCUT2D eigenvalue weighted by Gasteiger charge is -2.36. The molecule has 2 aromatic rings. The smallest absolute Gasteiger partial charge is 0.264 e. The van der Waals surface area contributed by atoms with E-state index < -0.39 is 0 Å². The molecule has 1 aliphatic heterocycles. The molecule has 0 unspecified atom stereocenters. The highest BCUT2D eigenvalue weighted by Gasteiger charge is 2.34. The Morgan fingerprint density at radius 1 is 1.15 bits per heavy atom. The van der Waals surface area contributed by atoms with Crippen LogP contribution in [0.15, 0.2) is 0 Å². The quantitative estimate of drug-likeness (QED) is 0.897. The monoisotopic (exact) mass is 372 g/mol. The number of primary amides is 1. The Kier molecular flexibility index (Phi) is 4.22. The minimum atomic E-state index is -0.321. The maximum absolute atomic E-state index is 13.2. The molecule has 2 aromatic heterocycles. The Bertz CT molecular complexity index is 903. The first-order chi connectivity index (χ1) is 12.4. The summed E-state index contributed by atoms with van der Waals surface area (Å²) in [5, 5.41) is 0.999. The van der Waals surface area contributed by atoms with E-state index in [4.69, 9.17) is 10.7 Å². The lowest BCUT2D eigenvalue weighted by molar-refractivity contribution is -0.123. The topological polar surface area (TPSA) is 89.2 Å². The summed E-state index contributed by atoms with van der Waals surface area (Å²) in [5.41, 5.74) is 7.38. The number of nitrogens with two attached hydrogens (primary N) is 1. The Balaban J connectivity index is 1.71. The number of aromatic nitrogens is 2. The van der Waals surface area contributed by atoms with Gasteiger partial charge in [-0.3, -0.25) is 9.59 Å². The fourth-order valence-corrected chi connectivity index (χ4v) is 5.04. The summed E-state index contributed by atoms with van der Waals surface area (Å²) in [5.74, 6) is 0.802. The zero-order chi connectivity index (χ0) is 18.6. The molecule has 4 rings (SSSR count). The summed E-state index contributed by atoms with van der Waals surface area (Å²) in [6, 6.07) is 0.108. The van der Waals surface area contributed by atoms with Crippen molar-refractivity contribution >= 4 is 33.4 Å². The van der Waals surface area contributed by atoms with Gasteiger partial charge in [0.1, 0.15) is 10.7 Å². The molecule has 1 aliphatic carbocycles. The lowest BCUT2D eigenvalue weighted by atomic mass is 9.92. The van der Waals surface area contributed by atoms with Gasteiger partial charge in [-0.2, -0.15) is 0 Å². The van der Waals surface area contributed by atoms with E-state index in [1.807, 2.05) is 20.8 Å². The molecule has 1 saturated carbocycles. The maximum Gasteiger partial charge on any atom is 0.264 e. The Morgan fingerprint density at radius 3 is 2.54 bits per heavy atom. The summed E-state index contributed by atoms with van der Waals surface area (Å²) in [6.07, 6.45) is 3.86. The zero-order valence-corrected chi connectivity index (χ0v) is 16.2. The largest absolute Gasteiger partial charge is 0.369 e. The molecule has 0 spiro atoms. The van der Waals surface area contributed by atoms with Crippen molar-refractivity contribution in [3.8, 4) is 0 Å². The van der Waals surface area contributed by atoms with Crippen LogP contribution in [0.2, 0.25) is 0 Å². The van der Waals surface area contributed by atoms with E-state index in [-0.39, 0.29) is 23.8 Å². The van der Waals surface area contributed by atoms with Crippen LogP contribution in [0.3, 0.4) is 0 Å². The molecule has 0 aromatic carbocycles. The lowest BCUT2D eigenvalue weighted by Crippen LogP contribution is -2.48. The number of carbonyl (C=O) groups is 2. The molecule has 138 valence electrons. The highest BCUT2D eigenvalue weighted by Crippen LogP contribution is 2.40. The average Bonchev–Trinajstić information content (AvgIpc) is 3.38. The van der Waals surface area contributed by atoms with E-state index in [0.717, 1.165) is 53.0 Å². The Labute approximate surface area is 156 Å². The molecule has 6 nitrogen and oxygen atoms in total. The molecule has 2 N–H and O–H groups in total. The van der Waals surface area contributed by atoms with Crippen molar-refractivity contribution < 1.29 is 9.59 Å². The summed E-state index contributed by atoms with van der Waals surface area (Å²) in [7, 11) is 0. The molecule has 0 bridgehead atoms. The SMILES string of the molecule is Cc1nc(C2CC2)nc2sc(C(=O)N3C[C@@H](C(N)=O)CC[C@H]3C)c(C)c12. The summed E-state index contributed by atoms with van der Waals surface area (Å²) in [6.45, 7) is 6.41. The highest BCUT2D eigenvalue weighted by atomic mass is 32.1. The first-order valence-electron chi connectivity index (χ1n) is 9.24. The standard InChI is InChI=1S/C19H24N4O2S/c1-9-4-5-13(16(20)24)8-23(9)19(25)15-10(2)14-11(3)21-17(12-6-7-12)22-18(14)26-15/h9,12-13H,4-8H2,1-3H3,(H2,20,24)/t9-,13+/m1/s1. The van der Waals surface area contributed by atoms with Crippen LogP contribution in [0, 0.1) is 19.8 Å². The second-order valence-electron chi connectivity index (χ2n) is 7.66. The Morgan fingerprint density at radius 2 is 1.88 bits per heavy atom. The number of likely N-dealkylation sites (tertiary alicyclic amines) is 1. The van der Waals surface area contributed by atoms with E-state index >= 15 is 0 Å². The number of nitrogens with zero attached hydrogens (tertiary/aromatic N) is 3. The van der Waals surface area contributed by atoms with E-state index in [1.54, 1.807) is 4.90 Å². The summed E-state index contributed by atoms with van der Waals surface area (Å²) < 4.78 is 0.